The molecule has 0 atom stereocenters. The molecule has 0 aliphatic heterocycles. The Morgan fingerprint density at radius 3 is 2.67 bits per heavy atom. The number of hydrogen-bond donors (Lipinski definition) is 2. The van der Waals surface area contributed by atoms with Gasteiger partial charge in [-0.25, -0.2) is 17.5 Å². The van der Waals surface area contributed by atoms with E-state index in [2.05, 4.69) is 10.0 Å². The van der Waals surface area contributed by atoms with E-state index in [4.69, 9.17) is 0 Å². The van der Waals surface area contributed by atoms with Gasteiger partial charge in [-0.1, -0.05) is 13.0 Å². The quantitative estimate of drug-likeness (QED) is 0.739. The molecule has 0 aromatic heterocycles. The average molecular weight is 274 g/mol. The Morgan fingerprint density at radius 1 is 1.28 bits per heavy atom. The van der Waals surface area contributed by atoms with Crippen LogP contribution in [-0.2, 0) is 10.0 Å². The zero-order chi connectivity index (χ0) is 13.6. The minimum atomic E-state index is -3.62. The average Bonchev–Trinajstić information content (AvgIpc) is 2.32. The van der Waals surface area contributed by atoms with Crippen LogP contribution in [0.25, 0.3) is 0 Å². The summed E-state index contributed by atoms with van der Waals surface area (Å²) >= 11 is 0. The molecule has 0 fully saturated rings. The second kappa shape index (κ2) is 6.82. The first-order valence-corrected chi connectivity index (χ1v) is 7.42. The maximum atomic E-state index is 13.1. The van der Waals surface area contributed by atoms with Crippen molar-refractivity contribution in [2.24, 2.45) is 0 Å². The monoisotopic (exact) mass is 274 g/mol. The molecule has 102 valence electrons. The van der Waals surface area contributed by atoms with E-state index in [0.29, 0.717) is 18.5 Å². The lowest BCUT2D eigenvalue weighted by atomic mass is 10.2. The van der Waals surface area contributed by atoms with E-state index in [1.165, 1.54) is 12.1 Å². The van der Waals surface area contributed by atoms with Crippen molar-refractivity contribution in [3.63, 3.8) is 0 Å². The summed E-state index contributed by atoms with van der Waals surface area (Å²) in [6.07, 6.45) is 0.696. The van der Waals surface area contributed by atoms with Crippen molar-refractivity contribution in [1.82, 2.24) is 10.0 Å². The Morgan fingerprint density at radius 2 is 2.00 bits per heavy atom. The molecular formula is C12H19FN2O2S. The molecule has 1 rings (SSSR count). The summed E-state index contributed by atoms with van der Waals surface area (Å²) in [5.41, 5.74) is 0.538. The lowest BCUT2D eigenvalue weighted by Gasteiger charge is -2.09. The van der Waals surface area contributed by atoms with E-state index < -0.39 is 15.8 Å². The lowest BCUT2D eigenvalue weighted by molar-refractivity contribution is 0.571. The molecule has 4 nitrogen and oxygen atoms in total. The van der Waals surface area contributed by atoms with Crippen LogP contribution >= 0.6 is 0 Å². The number of hydrogen-bond acceptors (Lipinski definition) is 3. The molecule has 0 radical (unpaired) electrons. The largest absolute Gasteiger partial charge is 0.317 e. The highest BCUT2D eigenvalue weighted by molar-refractivity contribution is 7.89. The maximum Gasteiger partial charge on any atom is 0.240 e. The molecule has 0 aliphatic rings. The summed E-state index contributed by atoms with van der Waals surface area (Å²) in [4.78, 5) is 0.00551. The highest BCUT2D eigenvalue weighted by atomic mass is 32.2. The van der Waals surface area contributed by atoms with Gasteiger partial charge in [-0.2, -0.15) is 0 Å². The summed E-state index contributed by atoms with van der Waals surface area (Å²) in [6, 6.07) is 3.75. The van der Waals surface area contributed by atoms with Crippen molar-refractivity contribution in [2.75, 3.05) is 19.6 Å². The van der Waals surface area contributed by atoms with Crippen molar-refractivity contribution >= 4 is 10.0 Å². The fourth-order valence-corrected chi connectivity index (χ4v) is 2.87. The standard InChI is InChI=1S/C12H19FN2O2S/c1-3-14-7-4-8-15-18(16,17)12-9-11(13)6-5-10(12)2/h5-6,9,14-15H,3-4,7-8H2,1-2H3. The highest BCUT2D eigenvalue weighted by Gasteiger charge is 2.16. The molecule has 1 aromatic rings. The summed E-state index contributed by atoms with van der Waals surface area (Å²) in [6.45, 7) is 5.58. The van der Waals surface area contributed by atoms with Crippen LogP contribution in [0.5, 0.6) is 0 Å². The van der Waals surface area contributed by atoms with Gasteiger partial charge >= 0.3 is 0 Å². The minimum Gasteiger partial charge on any atom is -0.317 e. The summed E-state index contributed by atoms with van der Waals surface area (Å²) in [5.74, 6) is -0.548. The summed E-state index contributed by atoms with van der Waals surface area (Å²) in [5, 5.41) is 3.10. The minimum absolute atomic E-state index is 0.00551. The third-order valence-corrected chi connectivity index (χ3v) is 4.12. The Hall–Kier alpha value is -0.980. The van der Waals surface area contributed by atoms with Gasteiger partial charge in [-0.3, -0.25) is 0 Å². The number of halogens is 1. The molecule has 2 N–H and O–H groups in total. The van der Waals surface area contributed by atoms with Gasteiger partial charge in [0.15, 0.2) is 0 Å². The van der Waals surface area contributed by atoms with Crippen molar-refractivity contribution in [2.45, 2.75) is 25.2 Å². The third-order valence-electron chi connectivity index (χ3n) is 2.51. The van der Waals surface area contributed by atoms with Gasteiger partial charge in [0.2, 0.25) is 10.0 Å². The Labute approximate surface area is 108 Å². The first kappa shape index (κ1) is 15.1. The second-order valence-electron chi connectivity index (χ2n) is 4.01. The summed E-state index contributed by atoms with van der Waals surface area (Å²) in [7, 11) is -3.62. The van der Waals surface area contributed by atoms with Gasteiger partial charge < -0.3 is 5.32 Å². The predicted molar refractivity (Wildman–Crippen MR) is 69.5 cm³/mol. The fourth-order valence-electron chi connectivity index (χ4n) is 1.54. The number of aryl methyl sites for hydroxylation is 1. The van der Waals surface area contributed by atoms with Crippen LogP contribution in [0.15, 0.2) is 23.1 Å². The molecule has 0 bridgehead atoms. The zero-order valence-electron chi connectivity index (χ0n) is 10.7. The molecule has 0 amide bonds. The van der Waals surface area contributed by atoms with Crippen LogP contribution in [0.2, 0.25) is 0 Å². The summed E-state index contributed by atoms with van der Waals surface area (Å²) < 4.78 is 39.4. The van der Waals surface area contributed by atoms with Crippen LogP contribution < -0.4 is 10.0 Å². The van der Waals surface area contributed by atoms with Gasteiger partial charge in [-0.05, 0) is 44.1 Å². The van der Waals surface area contributed by atoms with E-state index >= 15 is 0 Å². The molecule has 0 heterocycles. The van der Waals surface area contributed by atoms with Gasteiger partial charge in [0.05, 0.1) is 4.90 Å². The van der Waals surface area contributed by atoms with Crippen molar-refractivity contribution in [3.05, 3.63) is 29.6 Å². The van der Waals surface area contributed by atoms with Crippen LogP contribution in [0, 0.1) is 12.7 Å². The molecule has 0 aliphatic carbocycles. The number of sulfonamides is 1. The molecular weight excluding hydrogens is 255 g/mol. The van der Waals surface area contributed by atoms with Crippen LogP contribution in [0.3, 0.4) is 0 Å². The van der Waals surface area contributed by atoms with E-state index in [1.54, 1.807) is 6.92 Å². The smallest absolute Gasteiger partial charge is 0.240 e. The van der Waals surface area contributed by atoms with Gasteiger partial charge in [0.1, 0.15) is 5.82 Å². The Kier molecular flexibility index (Phi) is 5.71. The zero-order valence-corrected chi connectivity index (χ0v) is 11.5. The van der Waals surface area contributed by atoms with Crippen LogP contribution in [0.4, 0.5) is 4.39 Å². The highest BCUT2D eigenvalue weighted by Crippen LogP contribution is 2.15. The molecule has 18 heavy (non-hydrogen) atoms. The lowest BCUT2D eigenvalue weighted by Crippen LogP contribution is -2.28. The van der Waals surface area contributed by atoms with Gasteiger partial charge in [0.25, 0.3) is 0 Å². The molecule has 0 spiro atoms. The van der Waals surface area contributed by atoms with Crippen molar-refractivity contribution in [1.29, 1.82) is 0 Å². The van der Waals surface area contributed by atoms with Gasteiger partial charge in [0, 0.05) is 6.54 Å². The molecule has 0 saturated heterocycles. The maximum absolute atomic E-state index is 13.1. The van der Waals surface area contributed by atoms with E-state index in [1.807, 2.05) is 6.92 Å². The van der Waals surface area contributed by atoms with Crippen LogP contribution in [-0.4, -0.2) is 28.1 Å². The number of benzene rings is 1. The molecule has 0 unspecified atom stereocenters. The number of rotatable bonds is 7. The fraction of sp³-hybridized carbons (Fsp3) is 0.500. The van der Waals surface area contributed by atoms with Gasteiger partial charge in [-0.15, -0.1) is 0 Å². The number of nitrogens with one attached hydrogen (secondary N) is 2. The van der Waals surface area contributed by atoms with Crippen molar-refractivity contribution < 1.29 is 12.8 Å². The topological polar surface area (TPSA) is 58.2 Å². The third kappa shape index (κ3) is 4.36. The second-order valence-corrected chi connectivity index (χ2v) is 5.75. The normalized spacial score (nSPS) is 11.7. The Balaban J connectivity index is 2.66. The predicted octanol–water partition coefficient (Wildman–Crippen LogP) is 1.41. The molecule has 1 aromatic carbocycles. The first-order chi connectivity index (χ1) is 8.47. The molecule has 0 saturated carbocycles. The van der Waals surface area contributed by atoms with Crippen LogP contribution in [0.1, 0.15) is 18.9 Å². The first-order valence-electron chi connectivity index (χ1n) is 5.94. The van der Waals surface area contributed by atoms with E-state index in [-0.39, 0.29) is 4.90 Å². The Bertz CT molecular complexity index is 489. The SMILES string of the molecule is CCNCCCNS(=O)(=O)c1cc(F)ccc1C. The van der Waals surface area contributed by atoms with E-state index in [0.717, 1.165) is 19.2 Å². The van der Waals surface area contributed by atoms with E-state index in [9.17, 15) is 12.8 Å². The van der Waals surface area contributed by atoms with Crippen molar-refractivity contribution in [3.8, 4) is 0 Å². The molecule has 6 heteroatoms.